The van der Waals surface area contributed by atoms with Gasteiger partial charge in [-0.15, -0.1) is 0 Å². The van der Waals surface area contributed by atoms with Crippen molar-refractivity contribution in [3.63, 3.8) is 0 Å². The van der Waals surface area contributed by atoms with E-state index in [0.717, 1.165) is 58.0 Å². The Morgan fingerprint density at radius 1 is 0.955 bits per heavy atom. The molecule has 0 radical (unpaired) electrons. The maximum absolute atomic E-state index is 12.9. The van der Waals surface area contributed by atoms with E-state index in [9.17, 15) is 4.79 Å². The molecular formula is C33H36N8O3. The van der Waals surface area contributed by atoms with Crippen LogP contribution < -0.4 is 15.0 Å². The molecule has 2 atom stereocenters. The van der Waals surface area contributed by atoms with Gasteiger partial charge in [-0.3, -0.25) is 4.90 Å². The Bertz CT molecular complexity index is 1870. The molecule has 2 saturated heterocycles. The molecule has 5 aromatic rings. The zero-order valence-corrected chi connectivity index (χ0v) is 25.6. The Morgan fingerprint density at radius 3 is 2.50 bits per heavy atom. The van der Waals surface area contributed by atoms with Crippen molar-refractivity contribution >= 4 is 45.5 Å². The smallest absolute Gasteiger partial charge is 0.410 e. The third-order valence-electron chi connectivity index (χ3n) is 8.24. The SMILES string of the molecule is Cc1cc(Nc2ncnc3ccc(N4CC5CCC(C4)N5C(=O)OC(C)(C)C)nc23)ccc1Oc1ccc2c(c1)ncn2C. The molecular weight excluding hydrogens is 556 g/mol. The van der Waals surface area contributed by atoms with Crippen molar-refractivity contribution in [1.82, 2.24) is 29.4 Å². The van der Waals surface area contributed by atoms with E-state index < -0.39 is 5.60 Å². The number of hydrogen-bond donors (Lipinski definition) is 1. The number of ether oxygens (including phenoxy) is 2. The van der Waals surface area contributed by atoms with E-state index in [1.54, 1.807) is 12.7 Å². The summed E-state index contributed by atoms with van der Waals surface area (Å²) in [7, 11) is 1.97. The average molecular weight is 593 g/mol. The van der Waals surface area contributed by atoms with Crippen LogP contribution in [0.4, 0.5) is 22.1 Å². The summed E-state index contributed by atoms with van der Waals surface area (Å²) in [5.74, 6) is 2.97. The summed E-state index contributed by atoms with van der Waals surface area (Å²) in [6.45, 7) is 9.15. The molecule has 5 heterocycles. The molecule has 2 unspecified atom stereocenters. The first-order valence-electron chi connectivity index (χ1n) is 15.0. The molecule has 3 aromatic heterocycles. The summed E-state index contributed by atoms with van der Waals surface area (Å²) in [6.07, 6.45) is 5.04. The maximum atomic E-state index is 12.9. The molecule has 2 aromatic carbocycles. The van der Waals surface area contributed by atoms with Gasteiger partial charge in [0.05, 0.1) is 35.0 Å². The highest BCUT2D eigenvalue weighted by Crippen LogP contribution is 2.35. The highest BCUT2D eigenvalue weighted by molar-refractivity contribution is 5.88. The lowest BCUT2D eigenvalue weighted by Gasteiger charge is -2.41. The topological polar surface area (TPSA) is 111 Å². The van der Waals surface area contributed by atoms with Gasteiger partial charge in [-0.1, -0.05) is 0 Å². The average Bonchev–Trinajstić information content (AvgIpc) is 3.48. The van der Waals surface area contributed by atoms with Crippen molar-refractivity contribution in [1.29, 1.82) is 0 Å². The maximum Gasteiger partial charge on any atom is 0.410 e. The van der Waals surface area contributed by atoms with Crippen LogP contribution in [0.15, 0.2) is 61.2 Å². The highest BCUT2D eigenvalue weighted by Gasteiger charge is 2.44. The van der Waals surface area contributed by atoms with E-state index in [0.29, 0.717) is 24.4 Å². The Kier molecular flexibility index (Phi) is 6.75. The number of aromatic nitrogens is 5. The van der Waals surface area contributed by atoms with E-state index in [1.807, 2.05) is 92.7 Å². The third kappa shape index (κ3) is 5.34. The minimum Gasteiger partial charge on any atom is -0.457 e. The number of anilines is 3. The van der Waals surface area contributed by atoms with Crippen molar-refractivity contribution in [2.24, 2.45) is 7.05 Å². The zero-order chi connectivity index (χ0) is 30.6. The lowest BCUT2D eigenvalue weighted by atomic mass is 10.2. The summed E-state index contributed by atoms with van der Waals surface area (Å²) < 4.78 is 13.9. The van der Waals surface area contributed by atoms with Crippen LogP contribution in [-0.4, -0.2) is 66.3 Å². The van der Waals surface area contributed by atoms with Crippen LogP contribution in [0.2, 0.25) is 0 Å². The van der Waals surface area contributed by atoms with Crippen LogP contribution in [0.1, 0.15) is 39.2 Å². The normalized spacial score (nSPS) is 18.2. The van der Waals surface area contributed by atoms with Crippen molar-refractivity contribution in [3.8, 4) is 11.5 Å². The summed E-state index contributed by atoms with van der Waals surface area (Å²) in [4.78, 5) is 35.6. The van der Waals surface area contributed by atoms with Crippen LogP contribution in [0.5, 0.6) is 11.5 Å². The Labute approximate surface area is 255 Å². The fourth-order valence-corrected chi connectivity index (χ4v) is 6.18. The van der Waals surface area contributed by atoms with Crippen molar-refractivity contribution in [2.45, 2.75) is 58.2 Å². The lowest BCUT2D eigenvalue weighted by molar-refractivity contribution is 0.0122. The van der Waals surface area contributed by atoms with Gasteiger partial charge in [0.25, 0.3) is 0 Å². The van der Waals surface area contributed by atoms with Crippen LogP contribution in [-0.2, 0) is 11.8 Å². The number of benzene rings is 2. The summed E-state index contributed by atoms with van der Waals surface area (Å²) in [5, 5.41) is 3.44. The number of fused-ring (bicyclic) bond motifs is 4. The third-order valence-corrected chi connectivity index (χ3v) is 8.24. The van der Waals surface area contributed by atoms with Crippen molar-refractivity contribution < 1.29 is 14.3 Å². The minimum absolute atomic E-state index is 0.0975. The van der Waals surface area contributed by atoms with E-state index >= 15 is 0 Å². The first-order valence-corrected chi connectivity index (χ1v) is 15.0. The number of nitrogens with zero attached hydrogens (tertiary/aromatic N) is 7. The second-order valence-electron chi connectivity index (χ2n) is 12.7. The predicted octanol–water partition coefficient (Wildman–Crippen LogP) is 6.34. The molecule has 0 aliphatic carbocycles. The molecule has 0 saturated carbocycles. The van der Waals surface area contributed by atoms with Crippen LogP contribution in [0, 0.1) is 6.92 Å². The second kappa shape index (κ2) is 10.7. The molecule has 11 heteroatoms. The largest absolute Gasteiger partial charge is 0.457 e. The number of aryl methyl sites for hydroxylation is 2. The molecule has 0 spiro atoms. The Morgan fingerprint density at radius 2 is 1.75 bits per heavy atom. The van der Waals surface area contributed by atoms with E-state index in [2.05, 4.69) is 25.2 Å². The number of imidazole rings is 1. The molecule has 2 bridgehead atoms. The minimum atomic E-state index is -0.516. The van der Waals surface area contributed by atoms with Gasteiger partial charge >= 0.3 is 6.09 Å². The van der Waals surface area contributed by atoms with E-state index in [-0.39, 0.29) is 18.2 Å². The van der Waals surface area contributed by atoms with Crippen LogP contribution >= 0.6 is 0 Å². The molecule has 2 aliphatic heterocycles. The fraction of sp³-hybridized carbons (Fsp3) is 0.364. The number of pyridine rings is 1. The molecule has 11 nitrogen and oxygen atoms in total. The molecule has 7 rings (SSSR count). The quantitative estimate of drug-likeness (QED) is 0.250. The van der Waals surface area contributed by atoms with Gasteiger partial charge in [0, 0.05) is 31.9 Å². The standard InChI is InChI=1S/C33H36N8O3/c1-20-14-21(6-12-28(20)43-24-9-11-27-26(15-24)36-19-39(27)5)37-31-30-25(34-18-35-31)10-13-29(38-30)40-16-22-7-8-23(17-40)41(22)32(42)44-33(2,3)4/h6,9-15,18-19,22-23H,7-8,16-17H2,1-5H3,(H,34,35,37). The van der Waals surface area contributed by atoms with Gasteiger partial charge in [-0.2, -0.15) is 0 Å². The van der Waals surface area contributed by atoms with Crippen LogP contribution in [0.25, 0.3) is 22.1 Å². The summed E-state index contributed by atoms with van der Waals surface area (Å²) in [6, 6.07) is 16.0. The van der Waals surface area contributed by atoms with Gasteiger partial charge in [-0.25, -0.2) is 24.7 Å². The number of amides is 1. The molecule has 2 aliphatic rings. The number of piperazine rings is 1. The van der Waals surface area contributed by atoms with Gasteiger partial charge in [-0.05, 0) is 88.6 Å². The van der Waals surface area contributed by atoms with Gasteiger partial charge in [0.15, 0.2) is 5.82 Å². The van der Waals surface area contributed by atoms with Gasteiger partial charge < -0.3 is 24.3 Å². The van der Waals surface area contributed by atoms with Crippen molar-refractivity contribution in [2.75, 3.05) is 23.3 Å². The van der Waals surface area contributed by atoms with Gasteiger partial charge in [0.1, 0.15) is 34.8 Å². The lowest BCUT2D eigenvalue weighted by Crippen LogP contribution is -2.57. The number of nitrogens with one attached hydrogen (secondary N) is 1. The zero-order valence-electron chi connectivity index (χ0n) is 25.6. The number of carbonyl (C=O) groups excluding carboxylic acids is 1. The van der Waals surface area contributed by atoms with Crippen LogP contribution in [0.3, 0.4) is 0 Å². The first kappa shape index (κ1) is 27.9. The monoisotopic (exact) mass is 592 g/mol. The van der Waals surface area contributed by atoms with Crippen molar-refractivity contribution in [3.05, 3.63) is 66.7 Å². The first-order chi connectivity index (χ1) is 21.1. The molecule has 226 valence electrons. The second-order valence-corrected chi connectivity index (χ2v) is 12.7. The van der Waals surface area contributed by atoms with E-state index in [4.69, 9.17) is 14.5 Å². The number of hydrogen-bond acceptors (Lipinski definition) is 9. The number of carbonyl (C=O) groups is 1. The number of rotatable bonds is 5. The molecule has 2 fully saturated rings. The Balaban J connectivity index is 1.09. The molecule has 1 N–H and O–H groups in total. The fourth-order valence-electron chi connectivity index (χ4n) is 6.18. The van der Waals surface area contributed by atoms with E-state index in [1.165, 1.54) is 0 Å². The summed E-state index contributed by atoms with van der Waals surface area (Å²) in [5.41, 5.74) is 4.71. The van der Waals surface area contributed by atoms with Gasteiger partial charge in [0.2, 0.25) is 0 Å². The Hall–Kier alpha value is -4.93. The predicted molar refractivity (Wildman–Crippen MR) is 170 cm³/mol. The molecule has 1 amide bonds. The highest BCUT2D eigenvalue weighted by atomic mass is 16.6. The molecule has 44 heavy (non-hydrogen) atoms. The summed E-state index contributed by atoms with van der Waals surface area (Å²) >= 11 is 0.